The Kier molecular flexibility index (Phi) is 7.32. The first-order valence-corrected chi connectivity index (χ1v) is 11.2. The standard InChI is InChI=1S/C30H36/c1-23(24(2)25-15-9-6-10-16-25)21-28(26-17-11-7-12-18-26)22-29(30(3,4)5)27-19-13-8-14-20-27/h6-20,23,28-29H,2,21-22H2,1,3-5H3. The molecule has 3 aromatic carbocycles. The van der Waals surface area contributed by atoms with Gasteiger partial charge in [0, 0.05) is 0 Å². The average Bonchev–Trinajstić information content (AvgIpc) is 2.77. The quantitative estimate of drug-likeness (QED) is 0.357. The van der Waals surface area contributed by atoms with E-state index in [-0.39, 0.29) is 5.41 Å². The van der Waals surface area contributed by atoms with Crippen molar-refractivity contribution in [1.82, 2.24) is 0 Å². The van der Waals surface area contributed by atoms with Crippen molar-refractivity contribution in [2.75, 3.05) is 0 Å². The second kappa shape index (κ2) is 9.94. The van der Waals surface area contributed by atoms with Gasteiger partial charge in [0.05, 0.1) is 0 Å². The lowest BCUT2D eigenvalue weighted by Crippen LogP contribution is -2.22. The van der Waals surface area contributed by atoms with Crippen molar-refractivity contribution < 1.29 is 0 Å². The first-order valence-electron chi connectivity index (χ1n) is 11.2. The van der Waals surface area contributed by atoms with Gasteiger partial charge in [0.15, 0.2) is 0 Å². The molecule has 0 nitrogen and oxygen atoms in total. The summed E-state index contributed by atoms with van der Waals surface area (Å²) in [6.07, 6.45) is 2.25. The van der Waals surface area contributed by atoms with E-state index < -0.39 is 0 Å². The van der Waals surface area contributed by atoms with Crippen molar-refractivity contribution in [3.05, 3.63) is 114 Å². The van der Waals surface area contributed by atoms with Crippen molar-refractivity contribution in [2.24, 2.45) is 11.3 Å². The molecule has 3 rings (SSSR count). The fourth-order valence-corrected chi connectivity index (χ4v) is 4.56. The first-order chi connectivity index (χ1) is 14.4. The van der Waals surface area contributed by atoms with E-state index >= 15 is 0 Å². The molecule has 3 unspecified atom stereocenters. The summed E-state index contributed by atoms with van der Waals surface area (Å²) in [6.45, 7) is 13.9. The summed E-state index contributed by atoms with van der Waals surface area (Å²) in [4.78, 5) is 0. The predicted octanol–water partition coefficient (Wildman–Crippen LogP) is 8.73. The fraction of sp³-hybridized carbons (Fsp3) is 0.333. The maximum Gasteiger partial charge on any atom is -0.0107 e. The van der Waals surface area contributed by atoms with Crippen LogP contribution in [0, 0.1) is 11.3 Å². The topological polar surface area (TPSA) is 0 Å². The van der Waals surface area contributed by atoms with Gasteiger partial charge in [0.25, 0.3) is 0 Å². The van der Waals surface area contributed by atoms with E-state index in [4.69, 9.17) is 0 Å². The summed E-state index contributed by atoms with van der Waals surface area (Å²) >= 11 is 0. The first kappa shape index (κ1) is 22.1. The van der Waals surface area contributed by atoms with E-state index in [1.54, 1.807) is 0 Å². The number of rotatable bonds is 8. The number of hydrogen-bond donors (Lipinski definition) is 0. The molecule has 0 aliphatic heterocycles. The number of hydrogen-bond acceptors (Lipinski definition) is 0. The summed E-state index contributed by atoms with van der Waals surface area (Å²) in [5.41, 5.74) is 5.58. The monoisotopic (exact) mass is 396 g/mol. The van der Waals surface area contributed by atoms with Gasteiger partial charge >= 0.3 is 0 Å². The molecule has 0 amide bonds. The molecule has 0 saturated carbocycles. The fourth-order valence-electron chi connectivity index (χ4n) is 4.56. The zero-order valence-corrected chi connectivity index (χ0v) is 19.0. The van der Waals surface area contributed by atoms with Crippen LogP contribution in [-0.2, 0) is 0 Å². The molecule has 0 spiro atoms. The lowest BCUT2D eigenvalue weighted by Gasteiger charge is -2.35. The van der Waals surface area contributed by atoms with Gasteiger partial charge in [0.1, 0.15) is 0 Å². The lowest BCUT2D eigenvalue weighted by molar-refractivity contribution is 0.282. The second-order valence-corrected chi connectivity index (χ2v) is 9.70. The van der Waals surface area contributed by atoms with Crippen LogP contribution in [0.15, 0.2) is 97.6 Å². The van der Waals surface area contributed by atoms with E-state index in [1.807, 2.05) is 0 Å². The number of allylic oxidation sites excluding steroid dienone is 1. The van der Waals surface area contributed by atoms with E-state index in [0.29, 0.717) is 17.8 Å². The molecule has 0 aromatic heterocycles. The minimum absolute atomic E-state index is 0.202. The molecule has 156 valence electrons. The lowest BCUT2D eigenvalue weighted by atomic mass is 9.69. The Bertz CT molecular complexity index is 901. The van der Waals surface area contributed by atoms with E-state index in [1.165, 1.54) is 22.3 Å². The van der Waals surface area contributed by atoms with Gasteiger partial charge in [-0.2, -0.15) is 0 Å². The van der Waals surface area contributed by atoms with Gasteiger partial charge < -0.3 is 0 Å². The Morgan fingerprint density at radius 3 is 1.67 bits per heavy atom. The van der Waals surface area contributed by atoms with Gasteiger partial charge in [0.2, 0.25) is 0 Å². The van der Waals surface area contributed by atoms with Crippen LogP contribution in [-0.4, -0.2) is 0 Å². The Labute approximate surface area is 183 Å². The molecule has 0 aliphatic rings. The summed E-state index contributed by atoms with van der Waals surface area (Å²) < 4.78 is 0. The summed E-state index contributed by atoms with van der Waals surface area (Å²) in [5, 5.41) is 0. The average molecular weight is 397 g/mol. The SMILES string of the molecule is C=C(c1ccccc1)C(C)CC(CC(c1ccccc1)C(C)(C)C)c1ccccc1. The highest BCUT2D eigenvalue weighted by Gasteiger charge is 2.30. The molecule has 0 saturated heterocycles. The maximum atomic E-state index is 4.46. The molecule has 30 heavy (non-hydrogen) atoms. The highest BCUT2D eigenvalue weighted by Crippen LogP contribution is 2.44. The van der Waals surface area contributed by atoms with Gasteiger partial charge in [-0.15, -0.1) is 0 Å². The highest BCUT2D eigenvalue weighted by molar-refractivity contribution is 5.64. The number of benzene rings is 3. The van der Waals surface area contributed by atoms with Crippen LogP contribution in [0.4, 0.5) is 0 Å². The minimum atomic E-state index is 0.202. The zero-order chi connectivity index (χ0) is 21.6. The van der Waals surface area contributed by atoms with E-state index in [9.17, 15) is 0 Å². The van der Waals surface area contributed by atoms with Crippen molar-refractivity contribution in [3.8, 4) is 0 Å². The molecule has 0 N–H and O–H groups in total. The van der Waals surface area contributed by atoms with Crippen LogP contribution in [0.5, 0.6) is 0 Å². The third kappa shape index (κ3) is 5.72. The molecule has 3 aromatic rings. The molecule has 0 heteroatoms. The zero-order valence-electron chi connectivity index (χ0n) is 19.0. The van der Waals surface area contributed by atoms with Gasteiger partial charge in [-0.05, 0) is 58.3 Å². The molecule has 0 fully saturated rings. The Hall–Kier alpha value is -2.60. The van der Waals surface area contributed by atoms with Crippen LogP contribution >= 0.6 is 0 Å². The second-order valence-electron chi connectivity index (χ2n) is 9.70. The highest BCUT2D eigenvalue weighted by atomic mass is 14.3. The smallest absolute Gasteiger partial charge is 0.0107 e. The molecule has 0 radical (unpaired) electrons. The largest absolute Gasteiger partial charge is 0.0950 e. The van der Waals surface area contributed by atoms with Crippen LogP contribution < -0.4 is 0 Å². The van der Waals surface area contributed by atoms with E-state index in [0.717, 1.165) is 12.8 Å². The van der Waals surface area contributed by atoms with Gasteiger partial charge in [-0.1, -0.05) is 125 Å². The minimum Gasteiger partial charge on any atom is -0.0950 e. The Morgan fingerprint density at radius 2 is 1.17 bits per heavy atom. The van der Waals surface area contributed by atoms with Crippen LogP contribution in [0.2, 0.25) is 0 Å². The van der Waals surface area contributed by atoms with Crippen LogP contribution in [0.3, 0.4) is 0 Å². The predicted molar refractivity (Wildman–Crippen MR) is 132 cm³/mol. The van der Waals surface area contributed by atoms with Crippen LogP contribution in [0.25, 0.3) is 5.57 Å². The molecular weight excluding hydrogens is 360 g/mol. The molecule has 3 atom stereocenters. The third-order valence-electron chi connectivity index (χ3n) is 6.42. The normalized spacial score (nSPS) is 14.7. The van der Waals surface area contributed by atoms with Crippen molar-refractivity contribution in [1.29, 1.82) is 0 Å². The van der Waals surface area contributed by atoms with Crippen molar-refractivity contribution >= 4 is 5.57 Å². The van der Waals surface area contributed by atoms with Crippen LogP contribution in [0.1, 0.15) is 69.1 Å². The summed E-state index contributed by atoms with van der Waals surface area (Å²) in [7, 11) is 0. The van der Waals surface area contributed by atoms with Gasteiger partial charge in [-0.3, -0.25) is 0 Å². The third-order valence-corrected chi connectivity index (χ3v) is 6.42. The summed E-state index contributed by atoms with van der Waals surface area (Å²) in [6, 6.07) is 32.8. The maximum absolute atomic E-state index is 4.46. The Balaban J connectivity index is 1.88. The molecule has 0 bridgehead atoms. The van der Waals surface area contributed by atoms with E-state index in [2.05, 4.69) is 125 Å². The Morgan fingerprint density at radius 1 is 0.700 bits per heavy atom. The van der Waals surface area contributed by atoms with Crippen molar-refractivity contribution in [2.45, 2.75) is 52.4 Å². The molecule has 0 aliphatic carbocycles. The molecule has 0 heterocycles. The summed E-state index contributed by atoms with van der Waals surface area (Å²) in [5.74, 6) is 1.42. The van der Waals surface area contributed by atoms with Gasteiger partial charge in [-0.25, -0.2) is 0 Å². The molecular formula is C30H36. The van der Waals surface area contributed by atoms with Crippen molar-refractivity contribution in [3.63, 3.8) is 0 Å².